The molecular weight excluding hydrogens is 316 g/mol. The van der Waals surface area contributed by atoms with Gasteiger partial charge in [0.05, 0.1) is 0 Å². The zero-order valence-corrected chi connectivity index (χ0v) is 14.2. The van der Waals surface area contributed by atoms with Crippen molar-refractivity contribution < 1.29 is 9.32 Å². The lowest BCUT2D eigenvalue weighted by atomic mass is 9.76. The topological polar surface area (TPSA) is 62.5 Å². The summed E-state index contributed by atoms with van der Waals surface area (Å²) in [5, 5.41) is 4.16. The first-order valence-corrected chi connectivity index (χ1v) is 9.21. The molecular formula is C19H22N4O2. The summed E-state index contributed by atoms with van der Waals surface area (Å²) < 4.78 is 5.57. The van der Waals surface area contributed by atoms with Crippen molar-refractivity contribution in [2.24, 2.45) is 11.8 Å². The second kappa shape index (κ2) is 5.86. The third kappa shape index (κ3) is 2.60. The van der Waals surface area contributed by atoms with Crippen LogP contribution in [0.3, 0.4) is 0 Å². The Balaban J connectivity index is 1.37. The molecule has 0 aliphatic carbocycles. The van der Waals surface area contributed by atoms with Crippen molar-refractivity contribution in [2.45, 2.75) is 31.7 Å². The molecule has 3 atom stereocenters. The molecule has 3 aliphatic heterocycles. The zero-order valence-electron chi connectivity index (χ0n) is 14.2. The van der Waals surface area contributed by atoms with E-state index in [1.807, 2.05) is 30.3 Å². The highest BCUT2D eigenvalue weighted by molar-refractivity contribution is 5.77. The minimum atomic E-state index is 0.351. The van der Waals surface area contributed by atoms with E-state index in [-0.39, 0.29) is 0 Å². The van der Waals surface area contributed by atoms with Crippen LogP contribution in [0.4, 0.5) is 6.01 Å². The van der Waals surface area contributed by atoms with Crippen molar-refractivity contribution in [2.75, 3.05) is 24.5 Å². The highest BCUT2D eigenvalue weighted by Crippen LogP contribution is 2.39. The summed E-state index contributed by atoms with van der Waals surface area (Å²) in [6.07, 6.45) is 4.10. The molecule has 2 aromatic rings. The predicted octanol–water partition coefficient (Wildman–Crippen LogP) is 2.57. The summed E-state index contributed by atoms with van der Waals surface area (Å²) in [5.41, 5.74) is 0.971. The molecule has 0 radical (unpaired) electrons. The first-order valence-electron chi connectivity index (χ1n) is 9.21. The molecule has 1 aromatic heterocycles. The molecule has 5 rings (SSSR count). The summed E-state index contributed by atoms with van der Waals surface area (Å²) in [4.78, 5) is 21.2. The van der Waals surface area contributed by atoms with E-state index in [2.05, 4.69) is 19.9 Å². The predicted molar refractivity (Wildman–Crippen MR) is 92.9 cm³/mol. The van der Waals surface area contributed by atoms with Gasteiger partial charge in [-0.05, 0) is 31.1 Å². The quantitative estimate of drug-likeness (QED) is 0.842. The minimum absolute atomic E-state index is 0.351. The van der Waals surface area contributed by atoms with Gasteiger partial charge in [0.2, 0.25) is 11.7 Å². The molecule has 6 heteroatoms. The second-order valence-electron chi connectivity index (χ2n) is 7.54. The number of fused-ring (bicyclic) bond motifs is 4. The van der Waals surface area contributed by atoms with Crippen LogP contribution in [-0.4, -0.2) is 46.6 Å². The number of carbonyl (C=O) groups excluding carboxylic acids is 1. The van der Waals surface area contributed by atoms with Gasteiger partial charge in [0.15, 0.2) is 0 Å². The van der Waals surface area contributed by atoms with Crippen molar-refractivity contribution >= 4 is 11.9 Å². The van der Waals surface area contributed by atoms with E-state index in [4.69, 9.17) is 4.52 Å². The molecule has 3 aliphatic rings. The Kier molecular flexibility index (Phi) is 3.50. The van der Waals surface area contributed by atoms with Gasteiger partial charge in [0.1, 0.15) is 0 Å². The van der Waals surface area contributed by atoms with Crippen LogP contribution >= 0.6 is 0 Å². The van der Waals surface area contributed by atoms with Crippen LogP contribution in [0.5, 0.6) is 0 Å². The molecule has 2 bridgehead atoms. The Hall–Kier alpha value is -2.37. The normalized spacial score (nSPS) is 28.8. The number of benzene rings is 1. The molecule has 0 saturated carbocycles. The van der Waals surface area contributed by atoms with Gasteiger partial charge in [-0.1, -0.05) is 35.5 Å². The first-order chi connectivity index (χ1) is 12.3. The molecule has 0 spiro atoms. The van der Waals surface area contributed by atoms with E-state index in [1.54, 1.807) is 0 Å². The van der Waals surface area contributed by atoms with Crippen molar-refractivity contribution in [3.05, 3.63) is 30.3 Å². The van der Waals surface area contributed by atoms with Gasteiger partial charge >= 0.3 is 6.01 Å². The van der Waals surface area contributed by atoms with E-state index < -0.39 is 0 Å². The van der Waals surface area contributed by atoms with Gasteiger partial charge in [0.25, 0.3) is 0 Å². The first kappa shape index (κ1) is 14.9. The summed E-state index contributed by atoms with van der Waals surface area (Å²) in [7, 11) is 0. The van der Waals surface area contributed by atoms with E-state index in [0.29, 0.717) is 35.6 Å². The van der Waals surface area contributed by atoms with Gasteiger partial charge in [-0.3, -0.25) is 4.79 Å². The lowest BCUT2D eigenvalue weighted by molar-refractivity contribution is -0.142. The van der Waals surface area contributed by atoms with E-state index >= 15 is 0 Å². The van der Waals surface area contributed by atoms with Crippen LogP contribution in [0.2, 0.25) is 0 Å². The fourth-order valence-electron chi connectivity index (χ4n) is 4.81. The minimum Gasteiger partial charge on any atom is -0.339 e. The molecule has 0 N–H and O–H groups in total. The lowest BCUT2D eigenvalue weighted by Crippen LogP contribution is -2.60. The van der Waals surface area contributed by atoms with Gasteiger partial charge < -0.3 is 14.3 Å². The number of carbonyl (C=O) groups is 1. The molecule has 1 aromatic carbocycles. The summed E-state index contributed by atoms with van der Waals surface area (Å²) in [6, 6.07) is 10.9. The van der Waals surface area contributed by atoms with Crippen molar-refractivity contribution in [1.29, 1.82) is 0 Å². The van der Waals surface area contributed by atoms with E-state index in [1.165, 1.54) is 6.42 Å². The van der Waals surface area contributed by atoms with Crippen molar-refractivity contribution in [3.63, 3.8) is 0 Å². The highest BCUT2D eigenvalue weighted by atomic mass is 16.5. The smallest absolute Gasteiger partial charge is 0.324 e. The number of nitrogens with zero attached hydrogens (tertiary/aromatic N) is 4. The Morgan fingerprint density at radius 2 is 2.00 bits per heavy atom. The Bertz CT molecular complexity index is 775. The number of hydrogen-bond acceptors (Lipinski definition) is 5. The van der Waals surface area contributed by atoms with Crippen LogP contribution in [-0.2, 0) is 4.79 Å². The van der Waals surface area contributed by atoms with Gasteiger partial charge in [-0.2, -0.15) is 4.98 Å². The van der Waals surface area contributed by atoms with E-state index in [9.17, 15) is 4.79 Å². The SMILES string of the molecule is O=C1CCC[C@H]2C3CC(CN(c4nc(-c5ccccc5)no4)C3)CN12. The average Bonchev–Trinajstić information content (AvgIpc) is 3.14. The number of amides is 1. The number of hydrogen-bond donors (Lipinski definition) is 0. The van der Waals surface area contributed by atoms with Gasteiger partial charge in [-0.15, -0.1) is 0 Å². The molecule has 1 amide bonds. The lowest BCUT2D eigenvalue weighted by Gasteiger charge is -2.52. The Morgan fingerprint density at radius 3 is 2.88 bits per heavy atom. The maximum Gasteiger partial charge on any atom is 0.324 e. The van der Waals surface area contributed by atoms with Gasteiger partial charge in [0, 0.05) is 37.7 Å². The largest absolute Gasteiger partial charge is 0.339 e. The molecule has 130 valence electrons. The summed E-state index contributed by atoms with van der Waals surface area (Å²) in [6.45, 7) is 2.68. The zero-order chi connectivity index (χ0) is 16.8. The molecule has 3 saturated heterocycles. The van der Waals surface area contributed by atoms with Crippen LogP contribution < -0.4 is 4.90 Å². The molecule has 6 nitrogen and oxygen atoms in total. The third-order valence-electron chi connectivity index (χ3n) is 5.90. The molecule has 2 unspecified atom stereocenters. The highest BCUT2D eigenvalue weighted by Gasteiger charge is 2.44. The average molecular weight is 338 g/mol. The van der Waals surface area contributed by atoms with Crippen molar-refractivity contribution in [1.82, 2.24) is 15.0 Å². The number of anilines is 1. The Labute approximate surface area is 146 Å². The maximum absolute atomic E-state index is 12.2. The number of aromatic nitrogens is 2. The standard InChI is InChI=1S/C19H22N4O2/c24-17-8-4-7-16-15-9-13(11-23(16)17)10-22(12-15)19-20-18(21-25-19)14-5-2-1-3-6-14/h1-3,5-6,13,15-16H,4,7-12H2/t13?,15?,16-/m0/s1. The Morgan fingerprint density at radius 1 is 1.12 bits per heavy atom. The van der Waals surface area contributed by atoms with Crippen molar-refractivity contribution in [3.8, 4) is 11.4 Å². The summed E-state index contributed by atoms with van der Waals surface area (Å²) >= 11 is 0. The van der Waals surface area contributed by atoms with Crippen LogP contribution in [0.1, 0.15) is 25.7 Å². The fraction of sp³-hybridized carbons (Fsp3) is 0.526. The van der Waals surface area contributed by atoms with E-state index in [0.717, 1.165) is 44.5 Å². The number of piperidine rings is 3. The molecule has 25 heavy (non-hydrogen) atoms. The van der Waals surface area contributed by atoms with Crippen LogP contribution in [0.25, 0.3) is 11.4 Å². The third-order valence-corrected chi connectivity index (χ3v) is 5.90. The number of rotatable bonds is 2. The van der Waals surface area contributed by atoms with Crippen LogP contribution in [0, 0.1) is 11.8 Å². The van der Waals surface area contributed by atoms with Gasteiger partial charge in [-0.25, -0.2) is 0 Å². The summed E-state index contributed by atoms with van der Waals surface area (Å²) in [5.74, 6) is 2.01. The molecule has 4 heterocycles. The molecule has 3 fully saturated rings. The monoisotopic (exact) mass is 338 g/mol. The second-order valence-corrected chi connectivity index (χ2v) is 7.54. The fourth-order valence-corrected chi connectivity index (χ4v) is 4.81. The van der Waals surface area contributed by atoms with Crippen LogP contribution in [0.15, 0.2) is 34.9 Å². The maximum atomic E-state index is 12.2.